The monoisotopic (exact) mass is 362 g/mol. The molecule has 0 radical (unpaired) electrons. The van der Waals surface area contributed by atoms with Crippen molar-refractivity contribution in [2.24, 2.45) is 0 Å². The van der Waals surface area contributed by atoms with Gasteiger partial charge in [-0.1, -0.05) is 55.3 Å². The summed E-state index contributed by atoms with van der Waals surface area (Å²) in [6.45, 7) is 4.24. The fourth-order valence-electron chi connectivity index (χ4n) is 3.46. The summed E-state index contributed by atoms with van der Waals surface area (Å²) in [5, 5.41) is 4.59. The molecule has 0 aliphatic heterocycles. The zero-order valence-electron chi connectivity index (χ0n) is 16.1. The lowest BCUT2D eigenvalue weighted by Gasteiger charge is -2.14. The van der Waals surface area contributed by atoms with E-state index in [1.165, 1.54) is 10.2 Å². The first-order chi connectivity index (χ1) is 13.0. The molecule has 1 aliphatic carbocycles. The molecule has 1 aromatic carbocycles. The van der Waals surface area contributed by atoms with E-state index in [-0.39, 0.29) is 11.3 Å². The molecule has 2 aromatic rings. The van der Waals surface area contributed by atoms with Crippen LogP contribution in [0.5, 0.6) is 0 Å². The van der Waals surface area contributed by atoms with Crippen LogP contribution in [0.4, 0.5) is 0 Å². The first-order valence-electron chi connectivity index (χ1n) is 9.60. The average molecular weight is 362 g/mol. The van der Waals surface area contributed by atoms with Crippen molar-refractivity contribution in [2.75, 3.05) is 0 Å². The number of hydrogen-bond donors (Lipinski definition) is 0. The first kappa shape index (κ1) is 19.0. The van der Waals surface area contributed by atoms with Crippen LogP contribution in [0, 0.1) is 0 Å². The van der Waals surface area contributed by atoms with Gasteiger partial charge in [-0.15, -0.1) is 0 Å². The number of rotatable bonds is 7. The van der Waals surface area contributed by atoms with Gasteiger partial charge < -0.3 is 0 Å². The fraction of sp³-hybridized carbons (Fsp3) is 0.348. The molecule has 0 bridgehead atoms. The maximum atomic E-state index is 12.3. The molecule has 1 heterocycles. The van der Waals surface area contributed by atoms with Crippen LogP contribution in [0.25, 0.3) is 5.57 Å². The van der Waals surface area contributed by atoms with Crippen LogP contribution in [-0.2, 0) is 17.8 Å². The van der Waals surface area contributed by atoms with Gasteiger partial charge in [-0.3, -0.25) is 9.59 Å². The summed E-state index contributed by atoms with van der Waals surface area (Å²) < 4.78 is 1.52. The normalized spacial score (nSPS) is 13.9. The minimum Gasteiger partial charge on any atom is -0.300 e. The van der Waals surface area contributed by atoms with Crippen molar-refractivity contribution in [2.45, 2.75) is 52.5 Å². The minimum atomic E-state index is -0.107. The molecule has 0 unspecified atom stereocenters. The third-order valence-corrected chi connectivity index (χ3v) is 4.69. The van der Waals surface area contributed by atoms with Gasteiger partial charge in [-0.05, 0) is 49.0 Å². The second kappa shape index (κ2) is 8.76. The highest BCUT2D eigenvalue weighted by atomic mass is 16.1. The van der Waals surface area contributed by atoms with E-state index in [4.69, 9.17) is 0 Å². The summed E-state index contributed by atoms with van der Waals surface area (Å²) in [5.41, 5.74) is 5.16. The minimum absolute atomic E-state index is 0.107. The molecule has 0 amide bonds. The van der Waals surface area contributed by atoms with Gasteiger partial charge in [-0.25, -0.2) is 4.68 Å². The topological polar surface area (TPSA) is 52.0 Å². The van der Waals surface area contributed by atoms with Crippen molar-refractivity contribution in [1.82, 2.24) is 9.78 Å². The number of aryl methyl sites for hydroxylation is 1. The second-order valence-electron chi connectivity index (χ2n) is 7.16. The van der Waals surface area contributed by atoms with E-state index in [9.17, 15) is 9.59 Å². The molecule has 0 spiro atoms. The molecule has 4 heteroatoms. The van der Waals surface area contributed by atoms with Crippen LogP contribution in [0.15, 0.2) is 58.9 Å². The van der Waals surface area contributed by atoms with Crippen molar-refractivity contribution in [3.05, 3.63) is 81.3 Å². The highest BCUT2D eigenvalue weighted by Gasteiger charge is 2.11. The molecular weight excluding hydrogens is 336 g/mol. The molecule has 0 saturated heterocycles. The van der Waals surface area contributed by atoms with Gasteiger partial charge in [-0.2, -0.15) is 5.10 Å². The number of hydrogen-bond acceptors (Lipinski definition) is 3. The Kier molecular flexibility index (Phi) is 6.17. The summed E-state index contributed by atoms with van der Waals surface area (Å²) in [6.07, 6.45) is 8.60. The maximum absolute atomic E-state index is 12.3. The lowest BCUT2D eigenvalue weighted by Crippen LogP contribution is -2.23. The molecular formula is C23H26N2O2. The Morgan fingerprint density at radius 1 is 1.19 bits per heavy atom. The van der Waals surface area contributed by atoms with Crippen molar-refractivity contribution < 1.29 is 4.79 Å². The van der Waals surface area contributed by atoms with E-state index in [2.05, 4.69) is 30.2 Å². The predicted molar refractivity (Wildman–Crippen MR) is 109 cm³/mol. The number of carbonyl (C=O) groups is 1. The van der Waals surface area contributed by atoms with Gasteiger partial charge in [0.2, 0.25) is 0 Å². The zero-order valence-corrected chi connectivity index (χ0v) is 16.1. The average Bonchev–Trinajstić information content (AvgIpc) is 2.64. The highest BCUT2D eigenvalue weighted by Crippen LogP contribution is 2.25. The predicted octanol–water partition coefficient (Wildman–Crippen LogP) is 4.33. The molecule has 4 nitrogen and oxygen atoms in total. The van der Waals surface area contributed by atoms with Gasteiger partial charge in [0.15, 0.2) is 0 Å². The summed E-state index contributed by atoms with van der Waals surface area (Å²) in [4.78, 5) is 23.7. The maximum Gasteiger partial charge on any atom is 0.267 e. The number of carbonyl (C=O) groups excluding carboxylic acids is 1. The third kappa shape index (κ3) is 5.13. The molecule has 0 fully saturated rings. The van der Waals surface area contributed by atoms with E-state index in [0.29, 0.717) is 13.0 Å². The quantitative estimate of drug-likeness (QED) is 0.737. The van der Waals surface area contributed by atoms with Crippen molar-refractivity contribution in [1.29, 1.82) is 0 Å². The number of aromatic nitrogens is 2. The van der Waals surface area contributed by atoms with E-state index < -0.39 is 0 Å². The summed E-state index contributed by atoms with van der Waals surface area (Å²) in [7, 11) is 0. The van der Waals surface area contributed by atoms with Crippen molar-refractivity contribution in [3.8, 4) is 0 Å². The summed E-state index contributed by atoms with van der Waals surface area (Å²) >= 11 is 0. The van der Waals surface area contributed by atoms with E-state index in [1.54, 1.807) is 19.1 Å². The Balaban J connectivity index is 1.86. The fourth-order valence-corrected chi connectivity index (χ4v) is 3.46. The number of ketones is 1. The molecule has 0 N–H and O–H groups in total. The number of nitrogens with zero attached hydrogens (tertiary/aromatic N) is 2. The lowest BCUT2D eigenvalue weighted by atomic mass is 9.94. The molecule has 1 aromatic heterocycles. The largest absolute Gasteiger partial charge is 0.300 e. The van der Waals surface area contributed by atoms with Crippen molar-refractivity contribution in [3.63, 3.8) is 0 Å². The van der Waals surface area contributed by atoms with E-state index in [1.807, 2.05) is 18.2 Å². The molecule has 1 aliphatic rings. The van der Waals surface area contributed by atoms with E-state index >= 15 is 0 Å². The van der Waals surface area contributed by atoms with Gasteiger partial charge in [0.1, 0.15) is 5.78 Å². The molecule has 3 rings (SSSR count). The number of benzene rings is 1. The Hall–Kier alpha value is -2.75. The smallest absolute Gasteiger partial charge is 0.267 e. The third-order valence-electron chi connectivity index (χ3n) is 4.69. The Bertz CT molecular complexity index is 951. The standard InChI is InChI=1S/C23H26N2O2/c1-3-6-18-7-4-9-20(14-18)16-25-23(27)12-11-22(24-25)21-10-5-8-19(15-21)13-17(2)26/h4,7,9-12,14-15H,3,5-6,8,13,16H2,1-2H3. The van der Waals surface area contributed by atoms with Crippen LogP contribution in [0.2, 0.25) is 0 Å². The van der Waals surface area contributed by atoms with Crippen LogP contribution in [0.3, 0.4) is 0 Å². The molecule has 0 saturated carbocycles. The van der Waals surface area contributed by atoms with Crippen LogP contribution in [0.1, 0.15) is 56.4 Å². The van der Waals surface area contributed by atoms with Crippen LogP contribution in [-0.4, -0.2) is 15.6 Å². The summed E-state index contributed by atoms with van der Waals surface area (Å²) in [6, 6.07) is 11.7. The van der Waals surface area contributed by atoms with Crippen LogP contribution < -0.4 is 5.56 Å². The van der Waals surface area contributed by atoms with Crippen LogP contribution >= 0.6 is 0 Å². The van der Waals surface area contributed by atoms with Gasteiger partial charge in [0.05, 0.1) is 12.2 Å². The number of allylic oxidation sites excluding steroid dienone is 4. The highest BCUT2D eigenvalue weighted by molar-refractivity contribution is 5.81. The second-order valence-corrected chi connectivity index (χ2v) is 7.16. The number of Topliss-reactive ketones (excluding diaryl/α,β-unsaturated/α-hetero) is 1. The SMILES string of the molecule is CCCc1cccc(Cn2nc(C3=CCCC(CC(C)=O)=C3)ccc2=O)c1. The van der Waals surface area contributed by atoms with Crippen molar-refractivity contribution >= 4 is 11.4 Å². The Labute approximate surface area is 160 Å². The molecule has 0 atom stereocenters. The Morgan fingerprint density at radius 2 is 2.00 bits per heavy atom. The molecule has 27 heavy (non-hydrogen) atoms. The van der Waals surface area contributed by atoms with Gasteiger partial charge in [0, 0.05) is 12.5 Å². The zero-order chi connectivity index (χ0) is 19.2. The summed E-state index contributed by atoms with van der Waals surface area (Å²) in [5.74, 6) is 0.174. The molecule has 140 valence electrons. The van der Waals surface area contributed by atoms with E-state index in [0.717, 1.165) is 48.1 Å². The van der Waals surface area contributed by atoms with Gasteiger partial charge in [0.25, 0.3) is 5.56 Å². The van der Waals surface area contributed by atoms with Gasteiger partial charge >= 0.3 is 0 Å². The first-order valence-corrected chi connectivity index (χ1v) is 9.60. The Morgan fingerprint density at radius 3 is 2.78 bits per heavy atom. The lowest BCUT2D eigenvalue weighted by molar-refractivity contribution is -0.116.